The molecular formula is C15H21FO. The molecule has 1 aliphatic carbocycles. The summed E-state index contributed by atoms with van der Waals surface area (Å²) in [7, 11) is 0. The van der Waals surface area contributed by atoms with Crippen molar-refractivity contribution in [3.63, 3.8) is 0 Å². The first-order valence-corrected chi connectivity index (χ1v) is 6.62. The molecule has 1 aromatic carbocycles. The molecule has 1 aliphatic rings. The summed E-state index contributed by atoms with van der Waals surface area (Å²) in [4.78, 5) is 0. The number of aliphatic hydroxyl groups is 1. The Labute approximate surface area is 103 Å². The van der Waals surface area contributed by atoms with Gasteiger partial charge in [-0.15, -0.1) is 0 Å². The Bertz CT molecular complexity index is 364. The molecule has 3 unspecified atom stereocenters. The summed E-state index contributed by atoms with van der Waals surface area (Å²) < 4.78 is 13.5. The first kappa shape index (κ1) is 12.6. The molecule has 0 amide bonds. The van der Waals surface area contributed by atoms with Crippen molar-refractivity contribution in [2.24, 2.45) is 11.8 Å². The van der Waals surface area contributed by atoms with Crippen molar-refractivity contribution in [3.8, 4) is 0 Å². The maximum absolute atomic E-state index is 13.5. The number of aliphatic hydroxyl groups excluding tert-OH is 1. The summed E-state index contributed by atoms with van der Waals surface area (Å²) in [6, 6.07) is 6.75. The normalized spacial score (nSPS) is 26.1. The molecule has 0 radical (unpaired) electrons. The fourth-order valence-corrected chi connectivity index (χ4v) is 2.89. The smallest absolute Gasteiger partial charge is 0.126 e. The minimum Gasteiger partial charge on any atom is -0.392 e. The number of rotatable bonds is 4. The van der Waals surface area contributed by atoms with Crippen LogP contribution >= 0.6 is 0 Å². The fraction of sp³-hybridized carbons (Fsp3) is 0.600. The molecular weight excluding hydrogens is 215 g/mol. The average molecular weight is 236 g/mol. The second-order valence-electron chi connectivity index (χ2n) is 5.21. The van der Waals surface area contributed by atoms with Crippen LogP contribution in [0.25, 0.3) is 0 Å². The fourth-order valence-electron chi connectivity index (χ4n) is 2.89. The largest absolute Gasteiger partial charge is 0.392 e. The lowest BCUT2D eigenvalue weighted by Crippen LogP contribution is -2.21. The highest BCUT2D eigenvalue weighted by atomic mass is 19.1. The zero-order valence-electron chi connectivity index (χ0n) is 10.4. The van der Waals surface area contributed by atoms with Crippen LogP contribution in [0.4, 0.5) is 4.39 Å². The topological polar surface area (TPSA) is 20.2 Å². The first-order valence-electron chi connectivity index (χ1n) is 6.62. The van der Waals surface area contributed by atoms with Crippen LogP contribution in [0.3, 0.4) is 0 Å². The number of hydrogen-bond acceptors (Lipinski definition) is 1. The second kappa shape index (κ2) is 5.63. The van der Waals surface area contributed by atoms with Gasteiger partial charge in [0.25, 0.3) is 0 Å². The lowest BCUT2D eigenvalue weighted by atomic mass is 9.93. The molecule has 1 saturated carbocycles. The van der Waals surface area contributed by atoms with Crippen LogP contribution < -0.4 is 0 Å². The standard InChI is InChI=1S/C15H21FO/c1-2-11-7-8-13(9-11)15(17)10-12-5-3-4-6-14(12)16/h3-6,11,13,15,17H,2,7-10H2,1H3. The molecule has 1 N–H and O–H groups in total. The van der Waals surface area contributed by atoms with Gasteiger partial charge >= 0.3 is 0 Å². The summed E-state index contributed by atoms with van der Waals surface area (Å²) >= 11 is 0. The van der Waals surface area contributed by atoms with Gasteiger partial charge in [-0.25, -0.2) is 4.39 Å². The van der Waals surface area contributed by atoms with Crippen molar-refractivity contribution in [2.75, 3.05) is 0 Å². The van der Waals surface area contributed by atoms with Crippen molar-refractivity contribution < 1.29 is 9.50 Å². The Morgan fingerprint density at radius 1 is 1.35 bits per heavy atom. The summed E-state index contributed by atoms with van der Waals surface area (Å²) in [5, 5.41) is 10.2. The average Bonchev–Trinajstić information content (AvgIpc) is 2.81. The number of halogens is 1. The molecule has 1 aromatic rings. The Balaban J connectivity index is 1.94. The molecule has 0 spiro atoms. The quantitative estimate of drug-likeness (QED) is 0.847. The van der Waals surface area contributed by atoms with Crippen molar-refractivity contribution in [1.29, 1.82) is 0 Å². The summed E-state index contributed by atoms with van der Waals surface area (Å²) in [5.41, 5.74) is 0.639. The van der Waals surface area contributed by atoms with Gasteiger partial charge in [-0.1, -0.05) is 38.0 Å². The molecule has 17 heavy (non-hydrogen) atoms. The summed E-state index contributed by atoms with van der Waals surface area (Å²) in [6.45, 7) is 2.20. The molecule has 0 bridgehead atoms. The third-order valence-electron chi connectivity index (χ3n) is 4.09. The van der Waals surface area contributed by atoms with Crippen molar-refractivity contribution >= 4 is 0 Å². The van der Waals surface area contributed by atoms with Crippen molar-refractivity contribution in [1.82, 2.24) is 0 Å². The molecule has 3 atom stereocenters. The van der Waals surface area contributed by atoms with Crippen LogP contribution in [-0.4, -0.2) is 11.2 Å². The van der Waals surface area contributed by atoms with Crippen LogP contribution in [-0.2, 0) is 6.42 Å². The van der Waals surface area contributed by atoms with E-state index in [-0.39, 0.29) is 11.9 Å². The molecule has 2 heteroatoms. The molecule has 1 nitrogen and oxygen atoms in total. The highest BCUT2D eigenvalue weighted by Gasteiger charge is 2.29. The van der Waals surface area contributed by atoms with E-state index < -0.39 is 0 Å². The van der Waals surface area contributed by atoms with Crippen LogP contribution in [0.15, 0.2) is 24.3 Å². The van der Waals surface area contributed by atoms with Gasteiger partial charge in [-0.2, -0.15) is 0 Å². The minimum atomic E-state index is -0.386. The maximum atomic E-state index is 13.5. The molecule has 0 saturated heterocycles. The Morgan fingerprint density at radius 3 is 2.76 bits per heavy atom. The Kier molecular flexibility index (Phi) is 4.16. The van der Waals surface area contributed by atoms with E-state index in [1.807, 2.05) is 6.07 Å². The van der Waals surface area contributed by atoms with Gasteiger partial charge in [0.1, 0.15) is 5.82 Å². The van der Waals surface area contributed by atoms with Gasteiger partial charge in [-0.3, -0.25) is 0 Å². The monoisotopic (exact) mass is 236 g/mol. The maximum Gasteiger partial charge on any atom is 0.126 e. The van der Waals surface area contributed by atoms with Crippen LogP contribution in [0.5, 0.6) is 0 Å². The Hall–Kier alpha value is -0.890. The number of hydrogen-bond donors (Lipinski definition) is 1. The highest BCUT2D eigenvalue weighted by Crippen LogP contribution is 2.35. The first-order chi connectivity index (χ1) is 8.20. The van der Waals surface area contributed by atoms with E-state index in [1.54, 1.807) is 12.1 Å². The van der Waals surface area contributed by atoms with Crippen LogP contribution in [0.1, 0.15) is 38.2 Å². The summed E-state index contributed by atoms with van der Waals surface area (Å²) in [5.74, 6) is 0.923. The van der Waals surface area contributed by atoms with E-state index in [9.17, 15) is 9.50 Å². The van der Waals surface area contributed by atoms with E-state index >= 15 is 0 Å². The lowest BCUT2D eigenvalue weighted by Gasteiger charge is -2.18. The second-order valence-corrected chi connectivity index (χ2v) is 5.21. The van der Waals surface area contributed by atoms with Gasteiger partial charge in [0.05, 0.1) is 6.10 Å². The van der Waals surface area contributed by atoms with Gasteiger partial charge in [-0.05, 0) is 36.3 Å². The van der Waals surface area contributed by atoms with Gasteiger partial charge < -0.3 is 5.11 Å². The van der Waals surface area contributed by atoms with Crippen LogP contribution in [0, 0.1) is 17.7 Å². The predicted molar refractivity (Wildman–Crippen MR) is 67.2 cm³/mol. The van der Waals surface area contributed by atoms with E-state index in [0.717, 1.165) is 18.8 Å². The van der Waals surface area contributed by atoms with Gasteiger partial charge in [0, 0.05) is 6.42 Å². The number of benzene rings is 1. The highest BCUT2D eigenvalue weighted by molar-refractivity contribution is 5.18. The molecule has 0 aromatic heterocycles. The molecule has 94 valence electrons. The zero-order chi connectivity index (χ0) is 12.3. The molecule has 1 fully saturated rings. The summed E-state index contributed by atoms with van der Waals surface area (Å²) in [6.07, 6.45) is 4.68. The third-order valence-corrected chi connectivity index (χ3v) is 4.09. The van der Waals surface area contributed by atoms with E-state index in [2.05, 4.69) is 6.92 Å². The minimum absolute atomic E-state index is 0.198. The van der Waals surface area contributed by atoms with Crippen LogP contribution in [0.2, 0.25) is 0 Å². The predicted octanol–water partition coefficient (Wildman–Crippen LogP) is 3.56. The van der Waals surface area contributed by atoms with E-state index in [1.165, 1.54) is 18.9 Å². The van der Waals surface area contributed by atoms with Gasteiger partial charge in [0.15, 0.2) is 0 Å². The molecule has 2 rings (SSSR count). The van der Waals surface area contributed by atoms with Crippen molar-refractivity contribution in [3.05, 3.63) is 35.6 Å². The third kappa shape index (κ3) is 3.06. The lowest BCUT2D eigenvalue weighted by molar-refractivity contribution is 0.107. The Morgan fingerprint density at radius 2 is 2.12 bits per heavy atom. The van der Waals surface area contributed by atoms with E-state index in [4.69, 9.17) is 0 Å². The van der Waals surface area contributed by atoms with Crippen molar-refractivity contribution in [2.45, 2.75) is 45.1 Å². The SMILES string of the molecule is CCC1CCC(C(O)Cc2ccccc2F)C1. The zero-order valence-corrected chi connectivity index (χ0v) is 10.4. The van der Waals surface area contributed by atoms with E-state index in [0.29, 0.717) is 17.9 Å². The molecule has 0 heterocycles. The van der Waals surface area contributed by atoms with Gasteiger partial charge in [0.2, 0.25) is 0 Å². The molecule has 0 aliphatic heterocycles.